The Morgan fingerprint density at radius 3 is 1.46 bits per heavy atom. The Morgan fingerprint density at radius 1 is 0.630 bits per heavy atom. The first-order valence-corrected chi connectivity index (χ1v) is 18.6. The van der Waals surface area contributed by atoms with E-state index in [-0.39, 0.29) is 35.0 Å². The van der Waals surface area contributed by atoms with Crippen LogP contribution in [0.15, 0.2) is 95.0 Å². The lowest BCUT2D eigenvalue weighted by atomic mass is 9.96. The third-order valence-electron chi connectivity index (χ3n) is 10.1. The van der Waals surface area contributed by atoms with Crippen LogP contribution in [0.3, 0.4) is 0 Å². The average Bonchev–Trinajstić information content (AvgIpc) is 3.80. The second kappa shape index (κ2) is 15.2. The molecule has 2 saturated heterocycles. The number of halogens is 2. The largest absolute Gasteiger partial charge is 0.352 e. The van der Waals surface area contributed by atoms with Crippen molar-refractivity contribution in [2.24, 2.45) is 0 Å². The fraction of sp³-hybridized carbons (Fsp3) is 0.250. The minimum absolute atomic E-state index is 0.0552. The van der Waals surface area contributed by atoms with Crippen LogP contribution in [0.2, 0.25) is 10.0 Å². The summed E-state index contributed by atoms with van der Waals surface area (Å²) in [5, 5.41) is 13.3. The molecule has 54 heavy (non-hydrogen) atoms. The van der Waals surface area contributed by atoms with Gasteiger partial charge in [0.1, 0.15) is 11.3 Å². The predicted octanol–water partition coefficient (Wildman–Crippen LogP) is 4.75. The lowest BCUT2D eigenvalue weighted by Gasteiger charge is -2.15. The smallest absolute Gasteiger partial charge is 0.262 e. The van der Waals surface area contributed by atoms with Gasteiger partial charge < -0.3 is 21.3 Å². The second-order valence-electron chi connectivity index (χ2n) is 13.7. The van der Waals surface area contributed by atoms with Crippen LogP contribution in [0, 0.1) is 0 Å². The van der Waals surface area contributed by atoms with Crippen LogP contribution in [-0.4, -0.2) is 55.8 Å². The van der Waals surface area contributed by atoms with E-state index in [1.165, 1.54) is 8.80 Å². The van der Waals surface area contributed by atoms with Gasteiger partial charge in [-0.2, -0.15) is 0 Å². The summed E-state index contributed by atoms with van der Waals surface area (Å²) in [6, 6.07) is 18.9. The van der Waals surface area contributed by atoms with E-state index in [0.29, 0.717) is 71.5 Å². The zero-order chi connectivity index (χ0) is 37.3. The van der Waals surface area contributed by atoms with Gasteiger partial charge >= 0.3 is 0 Å². The van der Waals surface area contributed by atoms with Crippen LogP contribution in [0.5, 0.6) is 0 Å². The van der Waals surface area contributed by atoms with E-state index in [2.05, 4.69) is 31.2 Å². The van der Waals surface area contributed by atoms with Crippen LogP contribution < -0.4 is 32.4 Å². The highest BCUT2D eigenvalue weighted by Crippen LogP contribution is 2.42. The quantitative estimate of drug-likeness (QED) is 0.148. The summed E-state index contributed by atoms with van der Waals surface area (Å²) in [5.74, 6) is 0.110. The number of rotatable bonds is 11. The maximum atomic E-state index is 13.3. The summed E-state index contributed by atoms with van der Waals surface area (Å²) >= 11 is 14.2. The molecule has 6 heterocycles. The van der Waals surface area contributed by atoms with Gasteiger partial charge in [-0.05, 0) is 48.2 Å². The third kappa shape index (κ3) is 7.13. The Balaban J connectivity index is 1.02. The molecule has 8 rings (SSSR count). The topological polar surface area (TPSA) is 151 Å². The summed E-state index contributed by atoms with van der Waals surface area (Å²) in [5.41, 5.74) is 6.23. The second-order valence-corrected chi connectivity index (χ2v) is 14.4. The molecular weight excluding hydrogens is 727 g/mol. The molecule has 274 valence electrons. The number of nitrogens with one attached hydrogen (secondary N) is 4. The zero-order valence-electron chi connectivity index (χ0n) is 29.1. The number of carbonyl (C=O) groups excluding carboxylic acids is 2. The van der Waals surface area contributed by atoms with Crippen molar-refractivity contribution in [3.63, 3.8) is 0 Å². The van der Waals surface area contributed by atoms with Crippen molar-refractivity contribution in [3.05, 3.63) is 127 Å². The van der Waals surface area contributed by atoms with Gasteiger partial charge in [-0.15, -0.1) is 0 Å². The Kier molecular flexibility index (Phi) is 9.99. The van der Waals surface area contributed by atoms with Gasteiger partial charge in [-0.3, -0.25) is 28.0 Å². The Bertz CT molecular complexity index is 2390. The summed E-state index contributed by atoms with van der Waals surface area (Å²) in [6.45, 7) is 1.85. The molecule has 2 atom stereocenters. The maximum Gasteiger partial charge on any atom is 0.262 e. The summed E-state index contributed by atoms with van der Waals surface area (Å²) in [7, 11) is 0. The van der Waals surface area contributed by atoms with E-state index in [0.717, 1.165) is 46.2 Å². The highest BCUT2D eigenvalue weighted by molar-refractivity contribution is 6.39. The van der Waals surface area contributed by atoms with Crippen molar-refractivity contribution in [3.8, 4) is 33.4 Å². The lowest BCUT2D eigenvalue weighted by molar-refractivity contribution is -0.120. The van der Waals surface area contributed by atoms with E-state index in [4.69, 9.17) is 23.2 Å². The predicted molar refractivity (Wildman–Crippen MR) is 209 cm³/mol. The van der Waals surface area contributed by atoms with Gasteiger partial charge in [-0.25, -0.2) is 9.97 Å². The first-order valence-electron chi connectivity index (χ1n) is 17.8. The number of fused-ring (bicyclic) bond motifs is 2. The fourth-order valence-electron chi connectivity index (χ4n) is 7.15. The van der Waals surface area contributed by atoms with Crippen molar-refractivity contribution in [2.45, 2.75) is 50.9 Å². The van der Waals surface area contributed by atoms with Crippen molar-refractivity contribution < 1.29 is 9.59 Å². The van der Waals surface area contributed by atoms with Crippen LogP contribution >= 0.6 is 23.2 Å². The number of pyridine rings is 2. The Morgan fingerprint density at radius 2 is 1.06 bits per heavy atom. The summed E-state index contributed by atoms with van der Waals surface area (Å²) < 4.78 is 3.03. The van der Waals surface area contributed by atoms with Crippen molar-refractivity contribution >= 4 is 46.3 Å². The fourth-order valence-corrected chi connectivity index (χ4v) is 7.83. The number of nitrogens with zero attached hydrogens (tertiary/aromatic N) is 4. The van der Waals surface area contributed by atoms with Crippen molar-refractivity contribution in [1.82, 2.24) is 40.0 Å². The molecule has 0 saturated carbocycles. The molecule has 0 spiro atoms. The number of amides is 2. The van der Waals surface area contributed by atoms with Gasteiger partial charge in [0.15, 0.2) is 0 Å². The molecule has 0 bridgehead atoms. The van der Waals surface area contributed by atoms with Crippen LogP contribution in [-0.2, 0) is 22.7 Å². The van der Waals surface area contributed by atoms with Gasteiger partial charge in [-0.1, -0.05) is 59.6 Å². The minimum atomic E-state index is -0.170. The van der Waals surface area contributed by atoms with Crippen molar-refractivity contribution in [2.75, 3.05) is 13.1 Å². The molecule has 2 aromatic carbocycles. The maximum absolute atomic E-state index is 13.3. The number of hydrogen-bond donors (Lipinski definition) is 4. The monoisotopic (exact) mass is 762 g/mol. The molecular formula is C40H36Cl2N8O4. The standard InChI is InChI=1S/C40H36Cl2N8O4/c41-37-29(23-11-13-49-33(15-23)45-19-25(39(49)53)17-43-21-27-7-9-35(51)47-27)3-1-5-31(37)32-6-2-4-30(38(32)42)24-12-14-50-34(16-24)46-20-26(40(50)54)18-44-22-28-8-10-36(52)48-28/h1-6,11-16,19-20,27-28,43-44H,7-10,17-18,21-22H2,(H,47,51)(H,48,52). The van der Waals surface area contributed by atoms with E-state index < -0.39 is 0 Å². The summed E-state index contributed by atoms with van der Waals surface area (Å²) in [6.07, 6.45) is 9.19. The SMILES string of the molecule is O=C1CCC(CNCc2cnc3cc(-c4cccc(-c5cccc(-c6ccn7c(=O)c(CNCC8CCC(=O)N8)cnc7c6)c5Cl)c4Cl)ccn3c2=O)N1. The molecule has 2 amide bonds. The number of carbonyl (C=O) groups is 2. The molecule has 14 heteroatoms. The van der Waals surface area contributed by atoms with Crippen molar-refractivity contribution in [1.29, 1.82) is 0 Å². The van der Waals surface area contributed by atoms with Gasteiger partial charge in [0.05, 0.1) is 10.0 Å². The molecule has 2 fully saturated rings. The highest BCUT2D eigenvalue weighted by atomic mass is 35.5. The molecule has 6 aromatic rings. The number of aromatic nitrogens is 4. The number of hydrogen-bond acceptors (Lipinski definition) is 8. The van der Waals surface area contributed by atoms with Gasteiger partial charge in [0.2, 0.25) is 11.8 Å². The first-order chi connectivity index (χ1) is 26.2. The normalized spacial score (nSPS) is 17.0. The third-order valence-corrected chi connectivity index (χ3v) is 10.9. The highest BCUT2D eigenvalue weighted by Gasteiger charge is 2.22. The first kappa shape index (κ1) is 35.6. The molecule has 0 aliphatic carbocycles. The van der Waals surface area contributed by atoms with Crippen LogP contribution in [0.25, 0.3) is 44.7 Å². The zero-order valence-corrected chi connectivity index (χ0v) is 30.6. The molecule has 2 aliphatic heterocycles. The average molecular weight is 764 g/mol. The van der Waals surface area contributed by atoms with Gasteiger partial charge in [0, 0.05) is 109 Å². The minimum Gasteiger partial charge on any atom is -0.352 e. The van der Waals surface area contributed by atoms with Crippen LogP contribution in [0.4, 0.5) is 0 Å². The molecule has 12 nitrogen and oxygen atoms in total. The lowest BCUT2D eigenvalue weighted by Crippen LogP contribution is -2.36. The molecule has 4 aromatic heterocycles. The molecule has 4 N–H and O–H groups in total. The Labute approximate surface area is 319 Å². The van der Waals surface area contributed by atoms with E-state index in [9.17, 15) is 19.2 Å². The van der Waals surface area contributed by atoms with E-state index >= 15 is 0 Å². The van der Waals surface area contributed by atoms with E-state index in [1.54, 1.807) is 24.8 Å². The number of benzene rings is 2. The Hall–Kier alpha value is -5.40. The van der Waals surface area contributed by atoms with E-state index in [1.807, 2.05) is 60.7 Å². The molecule has 0 radical (unpaired) electrons. The molecule has 2 unspecified atom stereocenters. The molecule has 2 aliphatic rings. The summed E-state index contributed by atoms with van der Waals surface area (Å²) in [4.78, 5) is 58.7. The van der Waals surface area contributed by atoms with Gasteiger partial charge in [0.25, 0.3) is 11.1 Å². The van der Waals surface area contributed by atoms with Crippen LogP contribution in [0.1, 0.15) is 36.8 Å².